The van der Waals surface area contributed by atoms with Gasteiger partial charge in [0.1, 0.15) is 0 Å². The van der Waals surface area contributed by atoms with Crippen LogP contribution in [0.25, 0.3) is 0 Å². The Balaban J connectivity index is 1.78. The van der Waals surface area contributed by atoms with E-state index < -0.39 is 7.12 Å². The first-order valence-electron chi connectivity index (χ1n) is 9.17. The molecule has 0 saturated heterocycles. The topological polar surface area (TPSA) is 40.5 Å². The van der Waals surface area contributed by atoms with Gasteiger partial charge in [0, 0.05) is 0 Å². The third-order valence-electron chi connectivity index (χ3n) is 5.28. The summed E-state index contributed by atoms with van der Waals surface area (Å²) in [6.07, 6.45) is 13.3. The van der Waals surface area contributed by atoms with E-state index in [1.807, 2.05) is 18.2 Å². The average molecular weight is 302 g/mol. The molecule has 2 rings (SSSR count). The highest BCUT2D eigenvalue weighted by Crippen LogP contribution is 2.37. The van der Waals surface area contributed by atoms with Gasteiger partial charge in [-0.3, -0.25) is 0 Å². The van der Waals surface area contributed by atoms with Crippen molar-refractivity contribution in [2.24, 2.45) is 5.92 Å². The molecule has 1 aromatic rings. The van der Waals surface area contributed by atoms with Crippen molar-refractivity contribution < 1.29 is 10.0 Å². The van der Waals surface area contributed by atoms with E-state index >= 15 is 0 Å². The zero-order valence-corrected chi connectivity index (χ0v) is 14.0. The molecule has 0 heterocycles. The summed E-state index contributed by atoms with van der Waals surface area (Å²) in [4.78, 5) is 0. The Hall–Kier alpha value is -0.795. The molecule has 1 aromatic carbocycles. The molecule has 1 fully saturated rings. The quantitative estimate of drug-likeness (QED) is 0.563. The predicted molar refractivity (Wildman–Crippen MR) is 94.3 cm³/mol. The van der Waals surface area contributed by atoms with E-state index in [1.165, 1.54) is 64.2 Å². The van der Waals surface area contributed by atoms with Gasteiger partial charge in [-0.1, -0.05) is 69.7 Å². The van der Waals surface area contributed by atoms with Crippen molar-refractivity contribution in [1.82, 2.24) is 0 Å². The van der Waals surface area contributed by atoms with Gasteiger partial charge in [0.2, 0.25) is 0 Å². The predicted octanol–water partition coefficient (Wildman–Crippen LogP) is 4.00. The lowest BCUT2D eigenvalue weighted by Crippen LogP contribution is -2.34. The van der Waals surface area contributed by atoms with Crippen LogP contribution in [-0.2, 0) is 0 Å². The van der Waals surface area contributed by atoms with Gasteiger partial charge in [-0.2, -0.15) is 0 Å². The van der Waals surface area contributed by atoms with Crippen molar-refractivity contribution in [3.63, 3.8) is 0 Å². The molecule has 2 nitrogen and oxygen atoms in total. The van der Waals surface area contributed by atoms with Gasteiger partial charge in [-0.05, 0) is 48.5 Å². The largest absolute Gasteiger partial charge is 0.488 e. The molecule has 1 aliphatic carbocycles. The molecule has 1 aliphatic rings. The number of hydrogen-bond donors (Lipinski definition) is 2. The smallest absolute Gasteiger partial charge is 0.423 e. The van der Waals surface area contributed by atoms with E-state index in [9.17, 15) is 10.0 Å². The molecule has 122 valence electrons. The molecular weight excluding hydrogens is 271 g/mol. The number of benzene rings is 1. The Morgan fingerprint density at radius 3 is 2.32 bits per heavy atom. The van der Waals surface area contributed by atoms with Crippen LogP contribution in [0, 0.1) is 5.92 Å². The van der Waals surface area contributed by atoms with Gasteiger partial charge >= 0.3 is 7.12 Å². The molecule has 3 heteroatoms. The average Bonchev–Trinajstić information content (AvgIpc) is 2.55. The normalized spacial score (nSPS) is 21.8. The minimum absolute atomic E-state index is 0.509. The Morgan fingerprint density at radius 2 is 1.64 bits per heavy atom. The van der Waals surface area contributed by atoms with Crippen molar-refractivity contribution >= 4 is 12.6 Å². The van der Waals surface area contributed by atoms with Crippen LogP contribution in [0.15, 0.2) is 24.3 Å². The summed E-state index contributed by atoms with van der Waals surface area (Å²) >= 11 is 0. The summed E-state index contributed by atoms with van der Waals surface area (Å²) in [5.74, 6) is 1.40. The second-order valence-electron chi connectivity index (χ2n) is 6.92. The van der Waals surface area contributed by atoms with E-state index in [4.69, 9.17) is 0 Å². The maximum Gasteiger partial charge on any atom is 0.488 e. The van der Waals surface area contributed by atoms with Crippen LogP contribution >= 0.6 is 0 Å². The third-order valence-corrected chi connectivity index (χ3v) is 5.28. The minimum Gasteiger partial charge on any atom is -0.423 e. The zero-order chi connectivity index (χ0) is 15.8. The molecule has 1 saturated carbocycles. The molecule has 0 spiro atoms. The Bertz CT molecular complexity index is 425. The van der Waals surface area contributed by atoms with Gasteiger partial charge in [0.15, 0.2) is 0 Å². The number of hydrogen-bond acceptors (Lipinski definition) is 2. The minimum atomic E-state index is -1.34. The summed E-state index contributed by atoms with van der Waals surface area (Å²) in [6.45, 7) is 2.27. The van der Waals surface area contributed by atoms with E-state index in [1.54, 1.807) is 0 Å². The monoisotopic (exact) mass is 302 g/mol. The summed E-state index contributed by atoms with van der Waals surface area (Å²) in [7, 11) is -1.34. The summed E-state index contributed by atoms with van der Waals surface area (Å²) in [6, 6.07) is 7.82. The zero-order valence-electron chi connectivity index (χ0n) is 14.0. The van der Waals surface area contributed by atoms with Crippen molar-refractivity contribution in [3.8, 4) is 0 Å². The maximum atomic E-state index is 9.53. The molecule has 22 heavy (non-hydrogen) atoms. The van der Waals surface area contributed by atoms with Crippen LogP contribution in [0.5, 0.6) is 0 Å². The third kappa shape index (κ3) is 5.14. The first-order chi connectivity index (χ1) is 10.7. The van der Waals surface area contributed by atoms with Crippen LogP contribution in [0.3, 0.4) is 0 Å². The van der Waals surface area contributed by atoms with Crippen LogP contribution in [0.1, 0.15) is 82.6 Å². The molecular formula is C19H31BO2. The van der Waals surface area contributed by atoms with Crippen LogP contribution < -0.4 is 5.46 Å². The fourth-order valence-electron chi connectivity index (χ4n) is 3.92. The molecule has 0 bridgehead atoms. The van der Waals surface area contributed by atoms with E-state index in [0.717, 1.165) is 11.5 Å². The highest BCUT2D eigenvalue weighted by Gasteiger charge is 2.26. The van der Waals surface area contributed by atoms with Gasteiger partial charge in [0.25, 0.3) is 0 Å². The fraction of sp³-hybridized carbons (Fsp3) is 0.684. The first kappa shape index (κ1) is 17.6. The number of unbranched alkanes of at least 4 members (excludes halogenated alkanes) is 4. The SMILES string of the molecule is CCCCCCCC1CCC(c2ccccc2B(O)O)CC1. The maximum absolute atomic E-state index is 9.53. The highest BCUT2D eigenvalue weighted by molar-refractivity contribution is 6.59. The van der Waals surface area contributed by atoms with Gasteiger partial charge < -0.3 is 10.0 Å². The lowest BCUT2D eigenvalue weighted by atomic mass is 9.69. The molecule has 0 aliphatic heterocycles. The lowest BCUT2D eigenvalue weighted by Gasteiger charge is -2.30. The van der Waals surface area contributed by atoms with Crippen molar-refractivity contribution in [1.29, 1.82) is 0 Å². The second kappa shape index (κ2) is 9.37. The van der Waals surface area contributed by atoms with Crippen molar-refractivity contribution in [2.75, 3.05) is 0 Å². The van der Waals surface area contributed by atoms with Crippen LogP contribution in [0.2, 0.25) is 0 Å². The molecule has 2 N–H and O–H groups in total. The Labute approximate surface area is 136 Å². The van der Waals surface area contributed by atoms with Crippen LogP contribution in [-0.4, -0.2) is 17.2 Å². The van der Waals surface area contributed by atoms with E-state index in [0.29, 0.717) is 11.4 Å². The fourth-order valence-corrected chi connectivity index (χ4v) is 3.92. The molecule has 0 amide bonds. The Morgan fingerprint density at radius 1 is 0.955 bits per heavy atom. The first-order valence-corrected chi connectivity index (χ1v) is 9.17. The molecule has 0 radical (unpaired) electrons. The Kier molecular flexibility index (Phi) is 7.48. The van der Waals surface area contributed by atoms with Gasteiger partial charge in [0.05, 0.1) is 0 Å². The van der Waals surface area contributed by atoms with Crippen LogP contribution in [0.4, 0.5) is 0 Å². The number of rotatable bonds is 8. The van der Waals surface area contributed by atoms with Crippen molar-refractivity contribution in [3.05, 3.63) is 29.8 Å². The molecule has 0 aromatic heterocycles. The summed E-state index contributed by atoms with van der Waals surface area (Å²) in [5, 5.41) is 19.1. The van der Waals surface area contributed by atoms with Gasteiger partial charge in [-0.15, -0.1) is 0 Å². The highest BCUT2D eigenvalue weighted by atomic mass is 16.4. The van der Waals surface area contributed by atoms with E-state index in [2.05, 4.69) is 13.0 Å². The molecule has 0 unspecified atom stereocenters. The summed E-state index contributed by atoms with van der Waals surface area (Å²) < 4.78 is 0. The van der Waals surface area contributed by atoms with E-state index in [-0.39, 0.29) is 0 Å². The summed E-state index contributed by atoms with van der Waals surface area (Å²) in [5.41, 5.74) is 1.85. The standard InChI is InChI=1S/C19H31BO2/c1-2-3-4-5-6-9-16-12-14-17(15-13-16)18-10-7-8-11-19(18)20(21)22/h7-8,10-11,16-17,21-22H,2-6,9,12-15H2,1H3. The second-order valence-corrected chi connectivity index (χ2v) is 6.92. The van der Waals surface area contributed by atoms with Crippen molar-refractivity contribution in [2.45, 2.75) is 77.0 Å². The molecule has 0 atom stereocenters. The lowest BCUT2D eigenvalue weighted by molar-refractivity contribution is 0.302. The van der Waals surface area contributed by atoms with Gasteiger partial charge in [-0.25, -0.2) is 0 Å².